The SMILES string of the molecule is OC(CN1CCC2(CC1)OCCO2)c1ccc(Br)cc1. The van der Waals surface area contributed by atoms with Gasteiger partial charge >= 0.3 is 0 Å². The van der Waals surface area contributed by atoms with E-state index in [1.165, 1.54) is 0 Å². The van der Waals surface area contributed by atoms with E-state index in [0.717, 1.165) is 36.0 Å². The fourth-order valence-electron chi connectivity index (χ4n) is 2.90. The molecule has 1 atom stereocenters. The number of hydrogen-bond acceptors (Lipinski definition) is 4. The van der Waals surface area contributed by atoms with Crippen molar-refractivity contribution in [3.05, 3.63) is 34.3 Å². The zero-order valence-electron chi connectivity index (χ0n) is 11.4. The fraction of sp³-hybridized carbons (Fsp3) is 0.600. The number of aliphatic hydroxyl groups excluding tert-OH is 1. The van der Waals surface area contributed by atoms with E-state index in [2.05, 4.69) is 20.8 Å². The number of benzene rings is 1. The molecule has 0 amide bonds. The van der Waals surface area contributed by atoms with Crippen LogP contribution in [0.15, 0.2) is 28.7 Å². The molecule has 0 bridgehead atoms. The number of aliphatic hydroxyl groups is 1. The Morgan fingerprint density at radius 1 is 1.15 bits per heavy atom. The highest BCUT2D eigenvalue weighted by Crippen LogP contribution is 2.31. The molecule has 1 N–H and O–H groups in total. The lowest BCUT2D eigenvalue weighted by atomic mass is 10.0. The van der Waals surface area contributed by atoms with E-state index < -0.39 is 6.10 Å². The van der Waals surface area contributed by atoms with Crippen LogP contribution < -0.4 is 0 Å². The quantitative estimate of drug-likeness (QED) is 0.916. The van der Waals surface area contributed by atoms with Gasteiger partial charge in [-0.2, -0.15) is 0 Å². The second-order valence-corrected chi connectivity index (χ2v) is 6.39. The van der Waals surface area contributed by atoms with Crippen molar-refractivity contribution in [3.8, 4) is 0 Å². The van der Waals surface area contributed by atoms with Gasteiger partial charge in [0.2, 0.25) is 0 Å². The summed E-state index contributed by atoms with van der Waals surface area (Å²) in [6.45, 7) is 3.90. The van der Waals surface area contributed by atoms with Gasteiger partial charge in [-0.05, 0) is 17.7 Å². The first-order valence-corrected chi connectivity index (χ1v) is 7.90. The first-order chi connectivity index (χ1) is 9.67. The van der Waals surface area contributed by atoms with Crippen LogP contribution in [0.3, 0.4) is 0 Å². The Hall–Kier alpha value is -0.460. The van der Waals surface area contributed by atoms with Crippen molar-refractivity contribution in [2.24, 2.45) is 0 Å². The third-order valence-corrected chi connectivity index (χ3v) is 4.65. The second kappa shape index (κ2) is 6.12. The molecule has 4 nitrogen and oxygen atoms in total. The van der Waals surface area contributed by atoms with Crippen molar-refractivity contribution in [2.75, 3.05) is 32.8 Å². The lowest BCUT2D eigenvalue weighted by Crippen LogP contribution is -2.46. The largest absolute Gasteiger partial charge is 0.387 e. The van der Waals surface area contributed by atoms with Crippen LogP contribution in [0.5, 0.6) is 0 Å². The number of hydrogen-bond donors (Lipinski definition) is 1. The summed E-state index contributed by atoms with van der Waals surface area (Å²) < 4.78 is 12.5. The minimum atomic E-state index is -0.442. The molecule has 1 unspecified atom stereocenters. The summed E-state index contributed by atoms with van der Waals surface area (Å²) >= 11 is 3.41. The first-order valence-electron chi connectivity index (χ1n) is 7.11. The molecular formula is C15H20BrNO3. The summed E-state index contributed by atoms with van der Waals surface area (Å²) in [4.78, 5) is 2.28. The van der Waals surface area contributed by atoms with Crippen LogP contribution in [0, 0.1) is 0 Å². The van der Waals surface area contributed by atoms with Crippen LogP contribution in [-0.2, 0) is 9.47 Å². The molecule has 0 aliphatic carbocycles. The number of rotatable bonds is 3. The Labute approximate surface area is 127 Å². The van der Waals surface area contributed by atoms with E-state index >= 15 is 0 Å². The molecule has 3 rings (SSSR count). The molecule has 2 aliphatic heterocycles. The van der Waals surface area contributed by atoms with Gasteiger partial charge in [0.25, 0.3) is 0 Å². The molecule has 20 heavy (non-hydrogen) atoms. The molecule has 1 spiro atoms. The summed E-state index contributed by atoms with van der Waals surface area (Å²) in [7, 11) is 0. The number of ether oxygens (including phenoxy) is 2. The molecule has 0 aromatic heterocycles. The average molecular weight is 342 g/mol. The highest BCUT2D eigenvalue weighted by molar-refractivity contribution is 9.10. The van der Waals surface area contributed by atoms with Gasteiger partial charge in [-0.1, -0.05) is 28.1 Å². The van der Waals surface area contributed by atoms with Crippen molar-refractivity contribution in [2.45, 2.75) is 24.7 Å². The van der Waals surface area contributed by atoms with Gasteiger partial charge in [0, 0.05) is 36.9 Å². The van der Waals surface area contributed by atoms with Gasteiger partial charge in [0.15, 0.2) is 5.79 Å². The van der Waals surface area contributed by atoms with Gasteiger partial charge < -0.3 is 19.5 Å². The third kappa shape index (κ3) is 3.23. The van der Waals surface area contributed by atoms with Crippen molar-refractivity contribution < 1.29 is 14.6 Å². The lowest BCUT2D eigenvalue weighted by Gasteiger charge is -2.38. The van der Waals surface area contributed by atoms with E-state index in [4.69, 9.17) is 9.47 Å². The minimum Gasteiger partial charge on any atom is -0.387 e. The molecule has 2 saturated heterocycles. The minimum absolute atomic E-state index is 0.334. The summed E-state index contributed by atoms with van der Waals surface area (Å²) in [5, 5.41) is 10.3. The van der Waals surface area contributed by atoms with Crippen molar-refractivity contribution in [1.82, 2.24) is 4.90 Å². The monoisotopic (exact) mass is 341 g/mol. The predicted octanol–water partition coefficient (Wildman–Crippen LogP) is 2.32. The van der Waals surface area contributed by atoms with E-state index in [9.17, 15) is 5.11 Å². The third-order valence-electron chi connectivity index (χ3n) is 4.12. The fourth-order valence-corrected chi connectivity index (χ4v) is 3.16. The van der Waals surface area contributed by atoms with Crippen molar-refractivity contribution in [3.63, 3.8) is 0 Å². The molecule has 5 heteroatoms. The number of nitrogens with zero attached hydrogens (tertiary/aromatic N) is 1. The summed E-state index contributed by atoms with van der Waals surface area (Å²) in [5.74, 6) is -0.334. The number of β-amino-alcohol motifs (C(OH)–C–C–N with tert-alkyl or cyclic N) is 1. The van der Waals surface area contributed by atoms with Crippen molar-refractivity contribution >= 4 is 15.9 Å². The zero-order valence-corrected chi connectivity index (χ0v) is 13.0. The molecule has 2 heterocycles. The number of piperidine rings is 1. The molecule has 2 aliphatic rings. The predicted molar refractivity (Wildman–Crippen MR) is 79.4 cm³/mol. The summed E-state index contributed by atoms with van der Waals surface area (Å²) in [5.41, 5.74) is 0.960. The lowest BCUT2D eigenvalue weighted by molar-refractivity contribution is -0.186. The molecule has 0 radical (unpaired) electrons. The van der Waals surface area contributed by atoms with Gasteiger partial charge in [0.05, 0.1) is 19.3 Å². The van der Waals surface area contributed by atoms with Crippen molar-refractivity contribution in [1.29, 1.82) is 0 Å². The maximum Gasteiger partial charge on any atom is 0.170 e. The Bertz CT molecular complexity index is 435. The molecule has 110 valence electrons. The van der Waals surface area contributed by atoms with Crippen LogP contribution in [0.25, 0.3) is 0 Å². The summed E-state index contributed by atoms with van der Waals surface area (Å²) in [6, 6.07) is 7.85. The topological polar surface area (TPSA) is 41.9 Å². The summed E-state index contributed by atoms with van der Waals surface area (Å²) in [6.07, 6.45) is 1.34. The van der Waals surface area contributed by atoms with Crippen LogP contribution >= 0.6 is 15.9 Å². The highest BCUT2D eigenvalue weighted by Gasteiger charge is 2.39. The van der Waals surface area contributed by atoms with Crippen LogP contribution in [0.4, 0.5) is 0 Å². The zero-order chi connectivity index (χ0) is 14.0. The first kappa shape index (κ1) is 14.5. The van der Waals surface area contributed by atoms with Gasteiger partial charge in [0.1, 0.15) is 0 Å². The molecule has 1 aromatic rings. The Kier molecular flexibility index (Phi) is 4.43. The molecule has 2 fully saturated rings. The van der Waals surface area contributed by atoms with Gasteiger partial charge in [-0.3, -0.25) is 0 Å². The maximum absolute atomic E-state index is 10.3. The van der Waals surface area contributed by atoms with Gasteiger partial charge in [-0.25, -0.2) is 0 Å². The Balaban J connectivity index is 1.52. The van der Waals surface area contributed by atoms with E-state index in [-0.39, 0.29) is 5.79 Å². The molecule has 0 saturated carbocycles. The molecule has 1 aromatic carbocycles. The molecular weight excluding hydrogens is 322 g/mol. The van der Waals surface area contributed by atoms with Gasteiger partial charge in [-0.15, -0.1) is 0 Å². The standard InChI is InChI=1S/C15H20BrNO3/c16-13-3-1-12(2-4-13)14(18)11-17-7-5-15(6-8-17)19-9-10-20-15/h1-4,14,18H,5-11H2. The van der Waals surface area contributed by atoms with Crippen LogP contribution in [0.2, 0.25) is 0 Å². The smallest absolute Gasteiger partial charge is 0.170 e. The van der Waals surface area contributed by atoms with E-state index in [1.807, 2.05) is 24.3 Å². The Morgan fingerprint density at radius 3 is 2.35 bits per heavy atom. The van der Waals surface area contributed by atoms with E-state index in [1.54, 1.807) is 0 Å². The average Bonchev–Trinajstić information content (AvgIpc) is 2.91. The second-order valence-electron chi connectivity index (χ2n) is 5.48. The number of likely N-dealkylation sites (tertiary alicyclic amines) is 1. The maximum atomic E-state index is 10.3. The Morgan fingerprint density at radius 2 is 1.75 bits per heavy atom. The normalized spacial score (nSPS) is 24.1. The van der Waals surface area contributed by atoms with Crippen LogP contribution in [-0.4, -0.2) is 48.6 Å². The highest BCUT2D eigenvalue weighted by atomic mass is 79.9. The number of halogens is 1. The van der Waals surface area contributed by atoms with E-state index in [0.29, 0.717) is 19.8 Å². The van der Waals surface area contributed by atoms with Crippen LogP contribution in [0.1, 0.15) is 24.5 Å².